The van der Waals surface area contributed by atoms with Gasteiger partial charge in [-0.3, -0.25) is 29.4 Å². The monoisotopic (exact) mass is 374 g/mol. The summed E-state index contributed by atoms with van der Waals surface area (Å²) in [5.74, 6) is -1.93. The van der Waals surface area contributed by atoms with Gasteiger partial charge in [0, 0.05) is 11.8 Å². The molecule has 0 aromatic carbocycles. The molecule has 1 atom stereocenters. The largest absolute Gasteiger partial charge is 0.295 e. The summed E-state index contributed by atoms with van der Waals surface area (Å²) in [6.07, 6.45) is 8.53. The van der Waals surface area contributed by atoms with Crippen LogP contribution in [0.3, 0.4) is 0 Å². The third kappa shape index (κ3) is 5.02. The molecule has 1 saturated heterocycles. The van der Waals surface area contributed by atoms with E-state index in [4.69, 9.17) is 0 Å². The van der Waals surface area contributed by atoms with E-state index in [-0.39, 0.29) is 24.2 Å². The van der Waals surface area contributed by atoms with E-state index in [2.05, 4.69) is 19.2 Å². The zero-order chi connectivity index (χ0) is 20.8. The molecule has 1 fully saturated rings. The highest BCUT2D eigenvalue weighted by molar-refractivity contribution is 6.24. The van der Waals surface area contributed by atoms with Gasteiger partial charge in [0.15, 0.2) is 0 Å². The minimum absolute atomic E-state index is 0.122. The SMILES string of the molecule is CC.CC1(C)C=CC2=C(C=C1)C(=O)N(C1CCC(=O)NC1=O)C2=O.CCC. The van der Waals surface area contributed by atoms with Gasteiger partial charge in [-0.1, -0.05) is 72.3 Å². The number of carbonyl (C=O) groups is 4. The molecule has 148 valence electrons. The van der Waals surface area contributed by atoms with E-state index >= 15 is 0 Å². The number of imide groups is 2. The first-order valence-electron chi connectivity index (χ1n) is 9.56. The maximum absolute atomic E-state index is 12.5. The van der Waals surface area contributed by atoms with Crippen LogP contribution in [0.25, 0.3) is 0 Å². The fourth-order valence-electron chi connectivity index (χ4n) is 2.77. The Labute approximate surface area is 161 Å². The van der Waals surface area contributed by atoms with E-state index in [0.29, 0.717) is 11.1 Å². The van der Waals surface area contributed by atoms with Crippen molar-refractivity contribution in [2.45, 2.75) is 66.8 Å². The van der Waals surface area contributed by atoms with Gasteiger partial charge in [-0.25, -0.2) is 0 Å². The first-order valence-corrected chi connectivity index (χ1v) is 9.56. The van der Waals surface area contributed by atoms with Crippen LogP contribution in [0.15, 0.2) is 35.5 Å². The summed E-state index contributed by atoms with van der Waals surface area (Å²) in [7, 11) is 0. The van der Waals surface area contributed by atoms with Crippen LogP contribution in [0, 0.1) is 5.41 Å². The number of piperidine rings is 1. The summed E-state index contributed by atoms with van der Waals surface area (Å²) in [6, 6.07) is -0.917. The van der Waals surface area contributed by atoms with Crippen molar-refractivity contribution in [1.29, 1.82) is 0 Å². The fraction of sp³-hybridized carbons (Fsp3) is 0.524. The van der Waals surface area contributed by atoms with Crippen LogP contribution in [-0.4, -0.2) is 34.6 Å². The van der Waals surface area contributed by atoms with Crippen molar-refractivity contribution in [2.24, 2.45) is 5.41 Å². The van der Waals surface area contributed by atoms with Gasteiger partial charge in [0.1, 0.15) is 6.04 Å². The molecule has 0 radical (unpaired) electrons. The maximum Gasteiger partial charge on any atom is 0.262 e. The molecule has 0 aromatic heterocycles. The van der Waals surface area contributed by atoms with Gasteiger partial charge in [0.2, 0.25) is 11.8 Å². The highest BCUT2D eigenvalue weighted by atomic mass is 16.2. The van der Waals surface area contributed by atoms with E-state index in [1.807, 2.05) is 39.8 Å². The van der Waals surface area contributed by atoms with Crippen molar-refractivity contribution in [3.8, 4) is 0 Å². The van der Waals surface area contributed by atoms with Crippen molar-refractivity contribution in [2.75, 3.05) is 0 Å². The number of rotatable bonds is 1. The number of hydrogen-bond donors (Lipinski definition) is 1. The zero-order valence-electron chi connectivity index (χ0n) is 17.1. The molecule has 0 aromatic rings. The molecule has 3 aliphatic rings. The molecule has 2 aliphatic heterocycles. The number of nitrogens with zero attached hydrogens (tertiary/aromatic N) is 1. The van der Waals surface area contributed by atoms with Crippen LogP contribution in [0.5, 0.6) is 0 Å². The van der Waals surface area contributed by atoms with E-state index < -0.39 is 23.8 Å². The average molecular weight is 374 g/mol. The molecule has 6 nitrogen and oxygen atoms in total. The molecule has 0 saturated carbocycles. The molecule has 0 bridgehead atoms. The first kappa shape index (κ1) is 22.5. The summed E-state index contributed by atoms with van der Waals surface area (Å²) in [4.78, 5) is 49.2. The molecular formula is C21H30N2O4. The Morgan fingerprint density at radius 2 is 1.44 bits per heavy atom. The predicted octanol–water partition coefficient (Wildman–Crippen LogP) is 3.05. The van der Waals surface area contributed by atoms with E-state index in [0.717, 1.165) is 4.90 Å². The summed E-state index contributed by atoms with van der Waals surface area (Å²) in [6.45, 7) is 12.2. The van der Waals surface area contributed by atoms with E-state index in [1.54, 1.807) is 12.2 Å². The third-order valence-electron chi connectivity index (χ3n) is 4.07. The lowest BCUT2D eigenvalue weighted by atomic mass is 9.93. The number of allylic oxidation sites excluding steroid dienone is 2. The lowest BCUT2D eigenvalue weighted by molar-refractivity contribution is -0.149. The number of nitrogens with one attached hydrogen (secondary N) is 1. The van der Waals surface area contributed by atoms with Crippen LogP contribution in [0.1, 0.15) is 60.8 Å². The molecule has 3 rings (SSSR count). The fourth-order valence-corrected chi connectivity index (χ4v) is 2.77. The predicted molar refractivity (Wildman–Crippen MR) is 104 cm³/mol. The molecule has 6 heteroatoms. The van der Waals surface area contributed by atoms with Crippen molar-refractivity contribution < 1.29 is 19.2 Å². The Kier molecular flexibility index (Phi) is 7.88. The van der Waals surface area contributed by atoms with Gasteiger partial charge < -0.3 is 0 Å². The molecular weight excluding hydrogens is 344 g/mol. The molecule has 27 heavy (non-hydrogen) atoms. The minimum atomic E-state index is -0.917. The summed E-state index contributed by atoms with van der Waals surface area (Å²) in [5.41, 5.74) is 0.359. The lowest BCUT2D eigenvalue weighted by Gasteiger charge is -2.28. The standard InChI is InChI=1S/C16H16N2O4.C3H8.C2H6/c1-16(2)7-5-9-10(6-8-16)15(22)18(14(9)21)11-3-4-12(19)17-13(11)20;1-3-2;1-2/h5-8,11H,3-4H2,1-2H3,(H,17,19,20);3H2,1-2H3;1-2H3. The van der Waals surface area contributed by atoms with Crippen molar-refractivity contribution in [1.82, 2.24) is 10.2 Å². The third-order valence-corrected chi connectivity index (χ3v) is 4.07. The number of amides is 4. The van der Waals surface area contributed by atoms with Crippen molar-refractivity contribution in [3.05, 3.63) is 35.5 Å². The summed E-state index contributed by atoms with van der Waals surface area (Å²) < 4.78 is 0. The molecule has 1 unspecified atom stereocenters. The normalized spacial score (nSPS) is 23.0. The second kappa shape index (κ2) is 9.44. The Hall–Kier alpha value is -2.50. The van der Waals surface area contributed by atoms with Crippen LogP contribution in [-0.2, 0) is 19.2 Å². The molecule has 1 aliphatic carbocycles. The summed E-state index contributed by atoms with van der Waals surface area (Å²) >= 11 is 0. The van der Waals surface area contributed by atoms with Gasteiger partial charge in [-0.05, 0) is 6.42 Å². The summed E-state index contributed by atoms with van der Waals surface area (Å²) in [5, 5.41) is 2.18. The minimum Gasteiger partial charge on any atom is -0.295 e. The second-order valence-electron chi connectivity index (χ2n) is 6.97. The Morgan fingerprint density at radius 3 is 1.85 bits per heavy atom. The van der Waals surface area contributed by atoms with Gasteiger partial charge in [0.05, 0.1) is 11.1 Å². The van der Waals surface area contributed by atoms with E-state index in [9.17, 15) is 19.2 Å². The Morgan fingerprint density at radius 1 is 1.00 bits per heavy atom. The highest BCUT2D eigenvalue weighted by Crippen LogP contribution is 2.32. The highest BCUT2D eigenvalue weighted by Gasteiger charge is 2.45. The smallest absolute Gasteiger partial charge is 0.262 e. The maximum atomic E-state index is 12.5. The van der Waals surface area contributed by atoms with Gasteiger partial charge >= 0.3 is 0 Å². The Bertz CT molecular complexity index is 676. The number of carbonyl (C=O) groups excluding carboxylic acids is 4. The molecule has 2 heterocycles. The van der Waals surface area contributed by atoms with Crippen LogP contribution in [0.2, 0.25) is 0 Å². The van der Waals surface area contributed by atoms with Crippen LogP contribution in [0.4, 0.5) is 0 Å². The number of hydrogen-bond acceptors (Lipinski definition) is 4. The molecule has 4 amide bonds. The molecule has 0 spiro atoms. The molecule has 1 N–H and O–H groups in total. The lowest BCUT2D eigenvalue weighted by Crippen LogP contribution is -2.54. The second-order valence-corrected chi connectivity index (χ2v) is 6.97. The first-order chi connectivity index (χ1) is 12.7. The quantitative estimate of drug-likeness (QED) is 0.715. The zero-order valence-corrected chi connectivity index (χ0v) is 17.1. The van der Waals surface area contributed by atoms with Crippen molar-refractivity contribution in [3.63, 3.8) is 0 Å². The topological polar surface area (TPSA) is 83.6 Å². The van der Waals surface area contributed by atoms with Crippen molar-refractivity contribution >= 4 is 23.6 Å². The van der Waals surface area contributed by atoms with Gasteiger partial charge in [-0.2, -0.15) is 0 Å². The van der Waals surface area contributed by atoms with Crippen LogP contribution < -0.4 is 5.32 Å². The Balaban J connectivity index is 0.000000665. The van der Waals surface area contributed by atoms with Gasteiger partial charge in [-0.15, -0.1) is 0 Å². The van der Waals surface area contributed by atoms with E-state index in [1.165, 1.54) is 6.42 Å². The van der Waals surface area contributed by atoms with Crippen LogP contribution >= 0.6 is 0 Å². The average Bonchev–Trinajstić information content (AvgIpc) is 2.74. The van der Waals surface area contributed by atoms with Gasteiger partial charge in [0.25, 0.3) is 11.8 Å².